The van der Waals surface area contributed by atoms with Crippen molar-refractivity contribution >= 4 is 40.3 Å². The summed E-state index contributed by atoms with van der Waals surface area (Å²) in [4.78, 5) is 14.7. The molecule has 1 saturated heterocycles. The zero-order chi connectivity index (χ0) is 22.4. The monoisotopic (exact) mass is 450 g/mol. The van der Waals surface area contributed by atoms with Gasteiger partial charge in [-0.15, -0.1) is 6.58 Å². The molecule has 7 heteroatoms. The van der Waals surface area contributed by atoms with Gasteiger partial charge in [-0.2, -0.15) is 5.26 Å². The van der Waals surface area contributed by atoms with Gasteiger partial charge in [-0.1, -0.05) is 48.3 Å². The third-order valence-corrected chi connectivity index (χ3v) is 6.11. The Balaban J connectivity index is 1.95. The van der Waals surface area contributed by atoms with Crippen molar-refractivity contribution in [3.63, 3.8) is 0 Å². The molecule has 0 unspecified atom stereocenters. The smallest absolute Gasteiger partial charge is 0.266 e. The fourth-order valence-corrected chi connectivity index (χ4v) is 4.60. The number of ether oxygens (including phenoxy) is 2. The quantitative estimate of drug-likeness (QED) is 0.317. The Hall–Kier alpha value is -3.08. The van der Waals surface area contributed by atoms with Crippen LogP contribution in [0.2, 0.25) is 0 Å². The normalized spacial score (nSPS) is 14.6. The summed E-state index contributed by atoms with van der Waals surface area (Å²) in [7, 11) is 1.57. The van der Waals surface area contributed by atoms with Crippen LogP contribution in [0.4, 0.5) is 0 Å². The van der Waals surface area contributed by atoms with Crippen LogP contribution in [0.5, 0.6) is 11.5 Å². The standard InChI is InChI=1S/C24H22N2O3S2/c1-4-8-17-11-16(13-21-23(27)26(5-2)24(30)31-21)12-20(28-3)22(17)29-15-19-10-7-6-9-18(19)14-25/h4,6-7,9-13H,1,5,8,15H2,2-3H3/b21-13-. The third kappa shape index (κ3) is 4.98. The molecular weight excluding hydrogens is 428 g/mol. The van der Waals surface area contributed by atoms with Crippen molar-refractivity contribution in [3.05, 3.63) is 76.2 Å². The van der Waals surface area contributed by atoms with Crippen LogP contribution in [0.3, 0.4) is 0 Å². The highest BCUT2D eigenvalue weighted by molar-refractivity contribution is 8.26. The van der Waals surface area contributed by atoms with Gasteiger partial charge in [-0.3, -0.25) is 9.69 Å². The Labute approximate surface area is 192 Å². The average Bonchev–Trinajstić information content (AvgIpc) is 3.05. The van der Waals surface area contributed by atoms with E-state index in [1.165, 1.54) is 11.8 Å². The van der Waals surface area contributed by atoms with Gasteiger partial charge in [-0.05, 0) is 43.2 Å². The van der Waals surface area contributed by atoms with Crippen molar-refractivity contribution in [1.29, 1.82) is 5.26 Å². The summed E-state index contributed by atoms with van der Waals surface area (Å²) >= 11 is 6.59. The van der Waals surface area contributed by atoms with E-state index in [0.29, 0.717) is 39.3 Å². The van der Waals surface area contributed by atoms with Gasteiger partial charge in [0.15, 0.2) is 11.5 Å². The number of allylic oxidation sites excluding steroid dienone is 1. The number of thiocarbonyl (C=S) groups is 1. The van der Waals surface area contributed by atoms with Crippen molar-refractivity contribution in [2.24, 2.45) is 0 Å². The van der Waals surface area contributed by atoms with E-state index in [4.69, 9.17) is 21.7 Å². The maximum absolute atomic E-state index is 12.6. The van der Waals surface area contributed by atoms with Gasteiger partial charge in [0.25, 0.3) is 5.91 Å². The Bertz CT molecular complexity index is 1100. The molecule has 1 aliphatic heterocycles. The van der Waals surface area contributed by atoms with E-state index in [9.17, 15) is 10.1 Å². The second-order valence-electron chi connectivity index (χ2n) is 6.69. The fourth-order valence-electron chi connectivity index (χ4n) is 3.22. The summed E-state index contributed by atoms with van der Waals surface area (Å²) in [5.41, 5.74) is 3.06. The molecule has 0 radical (unpaired) electrons. The van der Waals surface area contributed by atoms with Gasteiger partial charge in [0.05, 0.1) is 23.6 Å². The van der Waals surface area contributed by atoms with Gasteiger partial charge in [-0.25, -0.2) is 0 Å². The minimum atomic E-state index is -0.0878. The molecule has 5 nitrogen and oxygen atoms in total. The Kier molecular flexibility index (Phi) is 7.50. The minimum absolute atomic E-state index is 0.0878. The number of nitriles is 1. The molecule has 0 aliphatic carbocycles. The number of amides is 1. The Morgan fingerprint density at radius 2 is 2.06 bits per heavy atom. The number of rotatable bonds is 8. The molecule has 0 spiro atoms. The van der Waals surface area contributed by atoms with Crippen LogP contribution in [-0.4, -0.2) is 28.8 Å². The van der Waals surface area contributed by atoms with E-state index < -0.39 is 0 Å². The highest BCUT2D eigenvalue weighted by Crippen LogP contribution is 2.37. The van der Waals surface area contributed by atoms with E-state index in [1.54, 1.807) is 24.2 Å². The van der Waals surface area contributed by atoms with Gasteiger partial charge in [0.1, 0.15) is 10.9 Å². The molecule has 3 rings (SSSR count). The fraction of sp³-hybridized carbons (Fsp3) is 0.208. The summed E-state index contributed by atoms with van der Waals surface area (Å²) in [5.74, 6) is 1.05. The van der Waals surface area contributed by atoms with E-state index in [0.717, 1.165) is 16.7 Å². The van der Waals surface area contributed by atoms with Crippen LogP contribution in [0, 0.1) is 11.3 Å². The lowest BCUT2D eigenvalue weighted by atomic mass is 10.0. The largest absolute Gasteiger partial charge is 0.493 e. The number of benzene rings is 2. The highest BCUT2D eigenvalue weighted by atomic mass is 32.2. The molecule has 0 aromatic heterocycles. The van der Waals surface area contributed by atoms with Gasteiger partial charge < -0.3 is 9.47 Å². The van der Waals surface area contributed by atoms with E-state index in [1.807, 2.05) is 43.3 Å². The van der Waals surface area contributed by atoms with Gasteiger partial charge in [0.2, 0.25) is 0 Å². The van der Waals surface area contributed by atoms with Crippen molar-refractivity contribution in [2.75, 3.05) is 13.7 Å². The number of likely N-dealkylation sites (N-methyl/N-ethyl adjacent to an activating group) is 1. The first-order valence-electron chi connectivity index (χ1n) is 9.70. The first-order chi connectivity index (χ1) is 15.0. The molecule has 0 bridgehead atoms. The molecular formula is C24H22N2O3S2. The highest BCUT2D eigenvalue weighted by Gasteiger charge is 2.30. The predicted octanol–water partition coefficient (Wildman–Crippen LogP) is 5.10. The minimum Gasteiger partial charge on any atom is -0.493 e. The Morgan fingerprint density at radius 1 is 1.29 bits per heavy atom. The van der Waals surface area contributed by atoms with Crippen molar-refractivity contribution in [3.8, 4) is 17.6 Å². The summed E-state index contributed by atoms with van der Waals surface area (Å²) in [6, 6.07) is 13.3. The van der Waals surface area contributed by atoms with E-state index in [-0.39, 0.29) is 12.5 Å². The second-order valence-corrected chi connectivity index (χ2v) is 8.36. The zero-order valence-electron chi connectivity index (χ0n) is 17.4. The Morgan fingerprint density at radius 3 is 2.71 bits per heavy atom. The molecule has 1 fully saturated rings. The molecule has 1 amide bonds. The first kappa shape index (κ1) is 22.6. The molecule has 0 N–H and O–H groups in total. The summed E-state index contributed by atoms with van der Waals surface area (Å²) in [6.45, 7) is 6.52. The number of hydrogen-bond donors (Lipinski definition) is 0. The van der Waals surface area contributed by atoms with Crippen LogP contribution in [0.15, 0.2) is 54.0 Å². The topological polar surface area (TPSA) is 62.6 Å². The molecule has 2 aromatic rings. The summed E-state index contributed by atoms with van der Waals surface area (Å²) in [6.07, 6.45) is 4.16. The molecule has 31 heavy (non-hydrogen) atoms. The van der Waals surface area contributed by atoms with Crippen LogP contribution in [0.25, 0.3) is 6.08 Å². The molecule has 0 saturated carbocycles. The molecule has 0 atom stereocenters. The van der Waals surface area contributed by atoms with Crippen molar-refractivity contribution in [1.82, 2.24) is 4.90 Å². The number of carbonyl (C=O) groups is 1. The van der Waals surface area contributed by atoms with Crippen LogP contribution in [0.1, 0.15) is 29.2 Å². The zero-order valence-corrected chi connectivity index (χ0v) is 19.0. The number of carbonyl (C=O) groups excluding carboxylic acids is 1. The maximum Gasteiger partial charge on any atom is 0.266 e. The molecule has 1 heterocycles. The second kappa shape index (κ2) is 10.3. The lowest BCUT2D eigenvalue weighted by Gasteiger charge is -2.16. The maximum atomic E-state index is 12.6. The number of nitrogens with zero attached hydrogens (tertiary/aromatic N) is 2. The third-order valence-electron chi connectivity index (χ3n) is 4.74. The van der Waals surface area contributed by atoms with E-state index in [2.05, 4.69) is 12.6 Å². The summed E-state index contributed by atoms with van der Waals surface area (Å²) in [5, 5.41) is 9.31. The summed E-state index contributed by atoms with van der Waals surface area (Å²) < 4.78 is 12.2. The van der Waals surface area contributed by atoms with Crippen molar-refractivity contribution < 1.29 is 14.3 Å². The lowest BCUT2D eigenvalue weighted by molar-refractivity contribution is -0.121. The molecule has 1 aliphatic rings. The number of hydrogen-bond acceptors (Lipinski definition) is 6. The molecule has 158 valence electrons. The predicted molar refractivity (Wildman–Crippen MR) is 128 cm³/mol. The first-order valence-corrected chi connectivity index (χ1v) is 10.9. The SMILES string of the molecule is C=CCc1cc(/C=C2\SC(=S)N(CC)C2=O)cc(OC)c1OCc1ccccc1C#N. The molecule has 2 aromatic carbocycles. The van der Waals surface area contributed by atoms with Crippen LogP contribution < -0.4 is 9.47 Å². The van der Waals surface area contributed by atoms with E-state index >= 15 is 0 Å². The van der Waals surface area contributed by atoms with Gasteiger partial charge in [0, 0.05) is 17.7 Å². The number of methoxy groups -OCH3 is 1. The van der Waals surface area contributed by atoms with Crippen LogP contribution in [-0.2, 0) is 17.8 Å². The lowest BCUT2D eigenvalue weighted by Crippen LogP contribution is -2.27. The number of thioether (sulfide) groups is 1. The van der Waals surface area contributed by atoms with Crippen LogP contribution >= 0.6 is 24.0 Å². The average molecular weight is 451 g/mol. The van der Waals surface area contributed by atoms with Gasteiger partial charge >= 0.3 is 0 Å². The van der Waals surface area contributed by atoms with Crippen molar-refractivity contribution in [2.45, 2.75) is 20.0 Å².